The van der Waals surface area contributed by atoms with Gasteiger partial charge in [-0.05, 0) is 49.6 Å². The van der Waals surface area contributed by atoms with Crippen molar-refractivity contribution < 1.29 is 19.2 Å². The molecule has 0 unspecified atom stereocenters. The van der Waals surface area contributed by atoms with Crippen LogP contribution in [0.4, 0.5) is 0 Å². The predicted octanol–water partition coefficient (Wildman–Crippen LogP) is 4.70. The molecule has 0 aromatic heterocycles. The second-order valence-corrected chi connectivity index (χ2v) is 9.32. The number of nitrogens with zero attached hydrogens (tertiary/aromatic N) is 2. The summed E-state index contributed by atoms with van der Waals surface area (Å²) in [5, 5.41) is 3.64. The smallest absolute Gasteiger partial charge is 0.261 e. The van der Waals surface area contributed by atoms with E-state index < -0.39 is 6.04 Å². The van der Waals surface area contributed by atoms with Gasteiger partial charge in [0.1, 0.15) is 6.04 Å². The maximum atomic E-state index is 13.2. The van der Waals surface area contributed by atoms with Gasteiger partial charge in [-0.25, -0.2) is 0 Å². The van der Waals surface area contributed by atoms with Gasteiger partial charge in [0.2, 0.25) is 11.8 Å². The SMILES string of the molecule is CCCCNC(=O)[C@@H](C)N(Cc1ccc(Cl)c(Cl)c1)C(=O)CCCN1C(=O)c2ccccc2C1=O. The van der Waals surface area contributed by atoms with Crippen molar-refractivity contribution in [3.8, 4) is 0 Å². The van der Waals surface area contributed by atoms with E-state index in [0.29, 0.717) is 27.7 Å². The van der Waals surface area contributed by atoms with Crippen LogP contribution in [0.1, 0.15) is 65.8 Å². The molecule has 4 amide bonds. The Hall–Kier alpha value is -2.90. The molecule has 0 fully saturated rings. The van der Waals surface area contributed by atoms with Crippen LogP contribution >= 0.6 is 23.2 Å². The van der Waals surface area contributed by atoms with E-state index in [0.717, 1.165) is 18.4 Å². The van der Waals surface area contributed by atoms with E-state index in [4.69, 9.17) is 23.2 Å². The molecule has 3 rings (SSSR count). The third-order valence-corrected chi connectivity index (χ3v) is 6.72. The fraction of sp³-hybridized carbons (Fsp3) is 0.385. The lowest BCUT2D eigenvalue weighted by molar-refractivity contribution is -0.140. The number of fused-ring (bicyclic) bond motifs is 1. The van der Waals surface area contributed by atoms with Crippen LogP contribution in [0.2, 0.25) is 10.0 Å². The first-order valence-electron chi connectivity index (χ1n) is 11.7. The topological polar surface area (TPSA) is 86.8 Å². The molecule has 1 heterocycles. The normalized spacial score (nSPS) is 13.5. The standard InChI is InChI=1S/C26H29Cl2N3O4/c1-3-4-13-29-24(33)17(2)31(16-18-11-12-21(27)22(28)15-18)23(32)10-7-14-30-25(34)19-8-5-6-9-20(19)26(30)35/h5-6,8-9,11-12,15,17H,3-4,7,10,13-14,16H2,1-2H3,(H,29,33)/t17-/m1/s1. The number of unbranched alkanes of at least 4 members (excludes halogenated alkanes) is 1. The Labute approximate surface area is 215 Å². The minimum absolute atomic E-state index is 0.0707. The highest BCUT2D eigenvalue weighted by Crippen LogP contribution is 2.25. The van der Waals surface area contributed by atoms with Crippen molar-refractivity contribution in [3.63, 3.8) is 0 Å². The zero-order valence-corrected chi connectivity index (χ0v) is 21.4. The summed E-state index contributed by atoms with van der Waals surface area (Å²) in [6, 6.07) is 11.0. The first-order valence-corrected chi connectivity index (χ1v) is 12.5. The average molecular weight is 518 g/mol. The van der Waals surface area contributed by atoms with Crippen molar-refractivity contribution in [1.82, 2.24) is 15.1 Å². The van der Waals surface area contributed by atoms with Crippen LogP contribution in [0.25, 0.3) is 0 Å². The van der Waals surface area contributed by atoms with E-state index in [9.17, 15) is 19.2 Å². The van der Waals surface area contributed by atoms with Crippen LogP contribution in [0.3, 0.4) is 0 Å². The largest absolute Gasteiger partial charge is 0.354 e. The molecule has 9 heteroatoms. The number of carbonyl (C=O) groups excluding carboxylic acids is 4. The van der Waals surface area contributed by atoms with Gasteiger partial charge in [-0.3, -0.25) is 24.1 Å². The molecular weight excluding hydrogens is 489 g/mol. The molecule has 0 saturated heterocycles. The zero-order chi connectivity index (χ0) is 25.5. The van der Waals surface area contributed by atoms with Crippen LogP contribution < -0.4 is 5.32 Å². The van der Waals surface area contributed by atoms with Crippen molar-refractivity contribution in [3.05, 3.63) is 69.2 Å². The Morgan fingerprint density at radius 1 is 1.00 bits per heavy atom. The van der Waals surface area contributed by atoms with Gasteiger partial charge >= 0.3 is 0 Å². The van der Waals surface area contributed by atoms with Gasteiger partial charge in [-0.2, -0.15) is 0 Å². The van der Waals surface area contributed by atoms with Gasteiger partial charge in [0.05, 0.1) is 21.2 Å². The minimum Gasteiger partial charge on any atom is -0.354 e. The Morgan fingerprint density at radius 2 is 1.66 bits per heavy atom. The summed E-state index contributed by atoms with van der Waals surface area (Å²) in [4.78, 5) is 53.8. The second kappa shape index (κ2) is 12.2. The van der Waals surface area contributed by atoms with E-state index in [1.807, 2.05) is 6.92 Å². The van der Waals surface area contributed by atoms with Gasteiger partial charge < -0.3 is 10.2 Å². The molecule has 7 nitrogen and oxygen atoms in total. The predicted molar refractivity (Wildman–Crippen MR) is 135 cm³/mol. The molecule has 0 saturated carbocycles. The molecule has 2 aromatic rings. The highest BCUT2D eigenvalue weighted by Gasteiger charge is 2.35. The van der Waals surface area contributed by atoms with Gasteiger partial charge in [-0.1, -0.05) is 54.7 Å². The summed E-state index contributed by atoms with van der Waals surface area (Å²) in [6.45, 7) is 4.54. The van der Waals surface area contributed by atoms with E-state index in [2.05, 4.69) is 5.32 Å². The zero-order valence-electron chi connectivity index (χ0n) is 19.9. The summed E-state index contributed by atoms with van der Waals surface area (Å²) in [7, 11) is 0. The molecule has 2 aromatic carbocycles. The molecule has 0 aliphatic carbocycles. The summed E-state index contributed by atoms with van der Waals surface area (Å²) in [6.07, 6.45) is 2.14. The van der Waals surface area contributed by atoms with Crippen LogP contribution in [0, 0.1) is 0 Å². The van der Waals surface area contributed by atoms with Crippen molar-refractivity contribution in [2.75, 3.05) is 13.1 Å². The lowest BCUT2D eigenvalue weighted by Crippen LogP contribution is -2.48. The Morgan fingerprint density at radius 3 is 2.26 bits per heavy atom. The average Bonchev–Trinajstić information content (AvgIpc) is 3.09. The number of imide groups is 1. The number of halogens is 2. The molecule has 0 bridgehead atoms. The van der Waals surface area contributed by atoms with Crippen LogP contribution in [-0.2, 0) is 16.1 Å². The van der Waals surface area contributed by atoms with Crippen molar-refractivity contribution in [1.29, 1.82) is 0 Å². The van der Waals surface area contributed by atoms with Gasteiger partial charge in [-0.15, -0.1) is 0 Å². The molecule has 1 aliphatic rings. The molecule has 1 aliphatic heterocycles. The van der Waals surface area contributed by atoms with Crippen LogP contribution in [0.5, 0.6) is 0 Å². The van der Waals surface area contributed by atoms with E-state index in [1.54, 1.807) is 49.4 Å². The lowest BCUT2D eigenvalue weighted by atomic mass is 10.1. The number of carbonyl (C=O) groups is 4. The van der Waals surface area contributed by atoms with Gasteiger partial charge in [0, 0.05) is 26.1 Å². The fourth-order valence-corrected chi connectivity index (χ4v) is 4.25. The molecular formula is C26H29Cl2N3O4. The number of hydrogen-bond acceptors (Lipinski definition) is 4. The number of nitrogens with one attached hydrogen (secondary N) is 1. The summed E-state index contributed by atoms with van der Waals surface area (Å²) >= 11 is 12.2. The van der Waals surface area contributed by atoms with E-state index in [-0.39, 0.29) is 49.6 Å². The molecule has 0 spiro atoms. The van der Waals surface area contributed by atoms with Crippen LogP contribution in [0.15, 0.2) is 42.5 Å². The monoisotopic (exact) mass is 517 g/mol. The highest BCUT2D eigenvalue weighted by molar-refractivity contribution is 6.42. The molecule has 1 N–H and O–H groups in total. The maximum Gasteiger partial charge on any atom is 0.261 e. The number of amides is 4. The third-order valence-electron chi connectivity index (χ3n) is 5.98. The Bertz CT molecular complexity index is 1090. The highest BCUT2D eigenvalue weighted by atomic mass is 35.5. The number of hydrogen-bond donors (Lipinski definition) is 1. The third kappa shape index (κ3) is 6.41. The lowest BCUT2D eigenvalue weighted by Gasteiger charge is -2.29. The minimum atomic E-state index is -0.715. The second-order valence-electron chi connectivity index (χ2n) is 8.50. The Kier molecular flexibility index (Phi) is 9.29. The van der Waals surface area contributed by atoms with Gasteiger partial charge in [0.15, 0.2) is 0 Å². The summed E-state index contributed by atoms with van der Waals surface area (Å²) < 4.78 is 0. The first-order chi connectivity index (χ1) is 16.7. The molecule has 0 radical (unpaired) electrons. The number of benzene rings is 2. The quantitative estimate of drug-likeness (QED) is 0.345. The molecule has 186 valence electrons. The molecule has 1 atom stereocenters. The Balaban J connectivity index is 1.67. The fourth-order valence-electron chi connectivity index (χ4n) is 3.93. The first kappa shape index (κ1) is 26.7. The van der Waals surface area contributed by atoms with Crippen LogP contribution in [-0.4, -0.2) is 52.6 Å². The van der Waals surface area contributed by atoms with E-state index >= 15 is 0 Å². The van der Waals surface area contributed by atoms with E-state index in [1.165, 1.54) is 9.80 Å². The maximum absolute atomic E-state index is 13.2. The van der Waals surface area contributed by atoms with Crippen molar-refractivity contribution in [2.45, 2.75) is 52.1 Å². The van der Waals surface area contributed by atoms with Gasteiger partial charge in [0.25, 0.3) is 11.8 Å². The van der Waals surface area contributed by atoms with Crippen molar-refractivity contribution in [2.24, 2.45) is 0 Å². The summed E-state index contributed by atoms with van der Waals surface area (Å²) in [5.41, 5.74) is 1.49. The molecule has 35 heavy (non-hydrogen) atoms. The van der Waals surface area contributed by atoms with Crippen molar-refractivity contribution >= 4 is 46.8 Å². The summed E-state index contributed by atoms with van der Waals surface area (Å²) in [5.74, 6) is -1.21. The number of rotatable bonds is 11.